The van der Waals surface area contributed by atoms with Gasteiger partial charge in [0.15, 0.2) is 0 Å². The smallest absolute Gasteiger partial charge is 0.408 e. The van der Waals surface area contributed by atoms with E-state index in [-0.39, 0.29) is 18.8 Å². The maximum atomic E-state index is 11.6. The van der Waals surface area contributed by atoms with Crippen molar-refractivity contribution in [1.82, 2.24) is 5.32 Å². The Kier molecular flexibility index (Phi) is 5.92. The summed E-state index contributed by atoms with van der Waals surface area (Å²) in [5.74, 6) is 5.43. The topological polar surface area (TPSA) is 81.5 Å². The highest BCUT2D eigenvalue weighted by Gasteiger charge is 2.12. The fraction of sp³-hybridized carbons (Fsp3) is 0.167. The van der Waals surface area contributed by atoms with Crippen LogP contribution in [0.2, 0.25) is 0 Å². The zero-order chi connectivity index (χ0) is 17.4. The molecule has 24 heavy (non-hydrogen) atoms. The van der Waals surface area contributed by atoms with E-state index in [1.807, 2.05) is 30.3 Å². The van der Waals surface area contributed by atoms with E-state index in [0.29, 0.717) is 11.1 Å². The van der Waals surface area contributed by atoms with E-state index in [1.54, 1.807) is 19.1 Å². The molecule has 0 atom stereocenters. The highest BCUT2D eigenvalue weighted by Crippen LogP contribution is 2.20. The summed E-state index contributed by atoms with van der Waals surface area (Å²) in [4.78, 5) is 22.1. The fourth-order valence-electron chi connectivity index (χ4n) is 1.99. The summed E-state index contributed by atoms with van der Waals surface area (Å²) in [6.07, 6.45) is -0.590. The Morgan fingerprint density at radius 2 is 1.96 bits per heavy atom. The maximum Gasteiger partial charge on any atom is 0.408 e. The molecule has 0 aliphatic carbocycles. The van der Waals surface area contributed by atoms with Crippen LogP contribution < -0.4 is 5.32 Å². The normalized spacial score (nSPS) is 9.54. The van der Waals surface area contributed by atoms with Gasteiger partial charge in [0.25, 0.3) is 5.69 Å². The van der Waals surface area contributed by atoms with Crippen LogP contribution in [-0.4, -0.2) is 17.6 Å². The number of ether oxygens (including phenoxy) is 1. The van der Waals surface area contributed by atoms with Crippen molar-refractivity contribution in [2.45, 2.75) is 13.5 Å². The molecule has 0 saturated carbocycles. The number of nitro benzene ring substituents is 1. The Hall–Kier alpha value is -3.33. The average molecular weight is 324 g/mol. The van der Waals surface area contributed by atoms with Gasteiger partial charge in [0, 0.05) is 6.07 Å². The quantitative estimate of drug-likeness (QED) is 0.532. The number of hydrogen-bond donors (Lipinski definition) is 1. The molecule has 122 valence electrons. The summed E-state index contributed by atoms with van der Waals surface area (Å²) in [7, 11) is 0. The summed E-state index contributed by atoms with van der Waals surface area (Å²) in [6.45, 7) is 1.96. The molecule has 0 radical (unpaired) electrons. The van der Waals surface area contributed by atoms with Crippen molar-refractivity contribution in [2.75, 3.05) is 6.54 Å². The second-order valence-corrected chi connectivity index (χ2v) is 4.94. The third kappa shape index (κ3) is 4.85. The number of alkyl carbamates (subject to hydrolysis) is 1. The van der Waals surface area contributed by atoms with Crippen molar-refractivity contribution in [3.63, 3.8) is 0 Å². The number of aryl methyl sites for hydroxylation is 1. The first-order valence-electron chi connectivity index (χ1n) is 7.25. The zero-order valence-electron chi connectivity index (χ0n) is 13.1. The molecule has 0 saturated heterocycles. The maximum absolute atomic E-state index is 11.6. The first-order chi connectivity index (χ1) is 11.6. The number of nitrogens with one attached hydrogen (secondary N) is 1. The Morgan fingerprint density at radius 1 is 1.21 bits per heavy atom. The molecule has 0 unspecified atom stereocenters. The van der Waals surface area contributed by atoms with Gasteiger partial charge in [0.05, 0.1) is 11.5 Å². The summed E-state index contributed by atoms with van der Waals surface area (Å²) >= 11 is 0. The van der Waals surface area contributed by atoms with Gasteiger partial charge in [0.2, 0.25) is 0 Å². The molecule has 0 aromatic heterocycles. The van der Waals surface area contributed by atoms with Crippen LogP contribution in [0.4, 0.5) is 10.5 Å². The van der Waals surface area contributed by atoms with Crippen LogP contribution in [0.15, 0.2) is 48.5 Å². The lowest BCUT2D eigenvalue weighted by atomic mass is 10.1. The number of amides is 1. The van der Waals surface area contributed by atoms with E-state index >= 15 is 0 Å². The number of benzene rings is 2. The fourth-order valence-corrected chi connectivity index (χ4v) is 1.99. The minimum absolute atomic E-state index is 0.0408. The number of carbonyl (C=O) groups excluding carboxylic acids is 1. The summed E-state index contributed by atoms with van der Waals surface area (Å²) in [6, 6.07) is 14.1. The first kappa shape index (κ1) is 17.0. The van der Waals surface area contributed by atoms with Crippen LogP contribution in [0.5, 0.6) is 0 Å². The number of nitrogens with zero attached hydrogens (tertiary/aromatic N) is 1. The van der Waals surface area contributed by atoms with Gasteiger partial charge in [-0.1, -0.05) is 54.3 Å². The second-order valence-electron chi connectivity index (χ2n) is 4.94. The molecular formula is C18H16N2O4. The molecule has 0 heterocycles. The van der Waals surface area contributed by atoms with Crippen molar-refractivity contribution in [3.8, 4) is 11.8 Å². The van der Waals surface area contributed by atoms with Gasteiger partial charge in [-0.05, 0) is 18.1 Å². The highest BCUT2D eigenvalue weighted by atomic mass is 16.6. The lowest BCUT2D eigenvalue weighted by Crippen LogP contribution is -2.24. The lowest BCUT2D eigenvalue weighted by Gasteiger charge is -2.04. The molecule has 1 N–H and O–H groups in total. The van der Waals surface area contributed by atoms with Crippen LogP contribution in [0.1, 0.15) is 16.7 Å². The van der Waals surface area contributed by atoms with Crippen molar-refractivity contribution in [3.05, 3.63) is 75.3 Å². The molecule has 0 aliphatic rings. The molecule has 0 spiro atoms. The SMILES string of the molecule is Cc1cccc([N+](=O)[O-])c1C#CCNC(=O)OCc1ccccc1. The van der Waals surface area contributed by atoms with Gasteiger partial charge in [-0.25, -0.2) is 4.79 Å². The molecule has 6 nitrogen and oxygen atoms in total. The van der Waals surface area contributed by atoms with E-state index in [0.717, 1.165) is 5.56 Å². The third-order valence-electron chi connectivity index (χ3n) is 3.19. The van der Waals surface area contributed by atoms with Crippen LogP contribution in [0, 0.1) is 28.9 Å². The Labute approximate surface area is 139 Å². The largest absolute Gasteiger partial charge is 0.445 e. The molecule has 2 aromatic rings. The van der Waals surface area contributed by atoms with Crippen LogP contribution in [0.25, 0.3) is 0 Å². The molecule has 0 aliphatic heterocycles. The van der Waals surface area contributed by atoms with E-state index in [4.69, 9.17) is 4.74 Å². The molecule has 2 rings (SSSR count). The number of carbonyl (C=O) groups is 1. The summed E-state index contributed by atoms with van der Waals surface area (Å²) in [5, 5.41) is 13.5. The van der Waals surface area contributed by atoms with Gasteiger partial charge in [0.1, 0.15) is 12.2 Å². The predicted octanol–water partition coefficient (Wildman–Crippen LogP) is 3.18. The van der Waals surface area contributed by atoms with E-state index in [9.17, 15) is 14.9 Å². The molecule has 6 heteroatoms. The highest BCUT2D eigenvalue weighted by molar-refractivity contribution is 5.67. The average Bonchev–Trinajstić information content (AvgIpc) is 2.58. The van der Waals surface area contributed by atoms with Gasteiger partial charge in [-0.2, -0.15) is 0 Å². The Balaban J connectivity index is 1.88. The van der Waals surface area contributed by atoms with E-state index in [1.165, 1.54) is 6.07 Å². The standard InChI is InChI=1S/C18H16N2O4/c1-14-7-5-11-17(20(22)23)16(14)10-6-12-19-18(21)24-13-15-8-3-2-4-9-15/h2-5,7-9,11H,12-13H2,1H3,(H,19,21). The molecular weight excluding hydrogens is 308 g/mol. The monoisotopic (exact) mass is 324 g/mol. The Bertz CT molecular complexity index is 792. The second kappa shape index (κ2) is 8.34. The van der Waals surface area contributed by atoms with Crippen molar-refractivity contribution < 1.29 is 14.5 Å². The lowest BCUT2D eigenvalue weighted by molar-refractivity contribution is -0.385. The zero-order valence-corrected chi connectivity index (χ0v) is 13.1. The summed E-state index contributed by atoms with van der Waals surface area (Å²) in [5.41, 5.74) is 1.90. The number of rotatable bonds is 4. The minimum atomic E-state index is -0.590. The van der Waals surface area contributed by atoms with Crippen LogP contribution in [-0.2, 0) is 11.3 Å². The van der Waals surface area contributed by atoms with Gasteiger partial charge in [-0.15, -0.1) is 0 Å². The molecule has 1 amide bonds. The van der Waals surface area contributed by atoms with Crippen molar-refractivity contribution in [2.24, 2.45) is 0 Å². The number of nitro groups is 1. The van der Waals surface area contributed by atoms with Gasteiger partial charge >= 0.3 is 6.09 Å². The molecule has 2 aromatic carbocycles. The first-order valence-corrected chi connectivity index (χ1v) is 7.25. The predicted molar refractivity (Wildman–Crippen MR) is 89.3 cm³/mol. The third-order valence-corrected chi connectivity index (χ3v) is 3.19. The molecule has 0 bridgehead atoms. The van der Waals surface area contributed by atoms with E-state index < -0.39 is 11.0 Å². The number of hydrogen-bond acceptors (Lipinski definition) is 4. The van der Waals surface area contributed by atoms with Crippen molar-refractivity contribution in [1.29, 1.82) is 0 Å². The van der Waals surface area contributed by atoms with Crippen LogP contribution in [0.3, 0.4) is 0 Å². The van der Waals surface area contributed by atoms with Gasteiger partial charge in [-0.3, -0.25) is 10.1 Å². The van der Waals surface area contributed by atoms with Crippen molar-refractivity contribution >= 4 is 11.8 Å². The molecule has 0 fully saturated rings. The minimum Gasteiger partial charge on any atom is -0.445 e. The van der Waals surface area contributed by atoms with E-state index in [2.05, 4.69) is 17.2 Å². The van der Waals surface area contributed by atoms with Crippen LogP contribution >= 0.6 is 0 Å². The van der Waals surface area contributed by atoms with Gasteiger partial charge < -0.3 is 10.1 Å². The Morgan fingerprint density at radius 3 is 2.67 bits per heavy atom. The summed E-state index contributed by atoms with van der Waals surface area (Å²) < 4.78 is 5.04.